The molecule has 3 aromatic heterocycles. The smallest absolute Gasteiger partial charge is 0.267 e. The molecule has 4 heterocycles. The van der Waals surface area contributed by atoms with Crippen LogP contribution in [-0.4, -0.2) is 44.0 Å². The zero-order chi connectivity index (χ0) is 19.1. The fraction of sp³-hybridized carbons (Fsp3) is 0.300. The molecule has 28 heavy (non-hydrogen) atoms. The van der Waals surface area contributed by atoms with Crippen LogP contribution in [0, 0.1) is 6.92 Å². The third-order valence-corrected chi connectivity index (χ3v) is 5.19. The zero-order valence-electron chi connectivity index (χ0n) is 15.5. The number of benzene rings is 1. The Hall–Kier alpha value is -3.26. The lowest BCUT2D eigenvalue weighted by molar-refractivity contribution is 0.120. The van der Waals surface area contributed by atoms with Gasteiger partial charge < -0.3 is 10.1 Å². The van der Waals surface area contributed by atoms with E-state index in [0.29, 0.717) is 29.0 Å². The number of pyridine rings is 1. The zero-order valence-corrected chi connectivity index (χ0v) is 15.5. The minimum atomic E-state index is -0.158. The largest absolute Gasteiger partial charge is 0.376 e. The fourth-order valence-corrected chi connectivity index (χ4v) is 3.72. The second-order valence-corrected chi connectivity index (χ2v) is 7.03. The van der Waals surface area contributed by atoms with Crippen LogP contribution in [-0.2, 0) is 4.74 Å². The summed E-state index contributed by atoms with van der Waals surface area (Å²) in [7, 11) is 0. The SMILES string of the molecule is Cc1ccccc1-n1c(=O)c2cn[nH]c2c2cnc(NCC3CCCO3)nc21. The Morgan fingerprint density at radius 2 is 2.18 bits per heavy atom. The lowest BCUT2D eigenvalue weighted by atomic mass is 10.1. The molecule has 4 aromatic rings. The first kappa shape index (κ1) is 16.9. The van der Waals surface area contributed by atoms with Crippen molar-refractivity contribution in [2.24, 2.45) is 0 Å². The molecule has 2 N–H and O–H groups in total. The van der Waals surface area contributed by atoms with E-state index >= 15 is 0 Å². The van der Waals surface area contributed by atoms with Gasteiger partial charge in [0.25, 0.3) is 5.56 Å². The maximum absolute atomic E-state index is 13.2. The van der Waals surface area contributed by atoms with E-state index < -0.39 is 0 Å². The summed E-state index contributed by atoms with van der Waals surface area (Å²) < 4.78 is 7.29. The number of aryl methyl sites for hydroxylation is 1. The topological polar surface area (TPSA) is 97.7 Å². The van der Waals surface area contributed by atoms with Gasteiger partial charge in [0.1, 0.15) is 0 Å². The van der Waals surface area contributed by atoms with Gasteiger partial charge in [0.05, 0.1) is 34.3 Å². The minimum absolute atomic E-state index is 0.158. The molecule has 1 saturated heterocycles. The number of para-hydroxylation sites is 1. The number of aromatic amines is 1. The van der Waals surface area contributed by atoms with Crippen LogP contribution < -0.4 is 10.9 Å². The lowest BCUT2D eigenvalue weighted by Gasteiger charge is -2.14. The molecule has 0 bridgehead atoms. The molecule has 1 fully saturated rings. The monoisotopic (exact) mass is 376 g/mol. The summed E-state index contributed by atoms with van der Waals surface area (Å²) in [5.41, 5.74) is 2.82. The van der Waals surface area contributed by atoms with Crippen LogP contribution in [0.25, 0.3) is 27.6 Å². The first-order valence-electron chi connectivity index (χ1n) is 9.38. The van der Waals surface area contributed by atoms with Crippen molar-refractivity contribution in [3.05, 3.63) is 52.6 Å². The van der Waals surface area contributed by atoms with Crippen molar-refractivity contribution in [1.29, 1.82) is 0 Å². The average molecular weight is 376 g/mol. The molecule has 8 heteroatoms. The van der Waals surface area contributed by atoms with Gasteiger partial charge in [-0.25, -0.2) is 4.98 Å². The molecule has 0 amide bonds. The molecule has 1 atom stereocenters. The standard InChI is InChI=1S/C20H20N6O2/c1-12-5-2-3-7-16(12)26-18-14(17-15(19(26)27)11-23-25-17)10-22-20(24-18)21-9-13-6-4-8-28-13/h2-3,5,7,10-11,13H,4,6,8-9H2,1H3,(H,23,25)(H,21,22,24). The number of nitrogens with one attached hydrogen (secondary N) is 2. The molecular formula is C20H20N6O2. The minimum Gasteiger partial charge on any atom is -0.376 e. The maximum Gasteiger partial charge on any atom is 0.267 e. The van der Waals surface area contributed by atoms with E-state index in [9.17, 15) is 4.79 Å². The Morgan fingerprint density at radius 3 is 3.00 bits per heavy atom. The van der Waals surface area contributed by atoms with Crippen molar-refractivity contribution in [3.63, 3.8) is 0 Å². The Balaban J connectivity index is 1.70. The van der Waals surface area contributed by atoms with Crippen LogP contribution in [0.5, 0.6) is 0 Å². The van der Waals surface area contributed by atoms with Gasteiger partial charge in [0, 0.05) is 19.3 Å². The van der Waals surface area contributed by atoms with Crippen molar-refractivity contribution in [3.8, 4) is 5.69 Å². The Kier molecular flexibility index (Phi) is 4.05. The number of nitrogens with zero attached hydrogens (tertiary/aromatic N) is 4. The van der Waals surface area contributed by atoms with Gasteiger partial charge in [-0.1, -0.05) is 18.2 Å². The van der Waals surface area contributed by atoms with Gasteiger partial charge in [0.15, 0.2) is 5.65 Å². The van der Waals surface area contributed by atoms with E-state index in [1.807, 2.05) is 31.2 Å². The number of rotatable bonds is 4. The van der Waals surface area contributed by atoms with Crippen molar-refractivity contribution in [2.75, 3.05) is 18.5 Å². The number of hydrogen-bond donors (Lipinski definition) is 2. The molecule has 1 aliphatic heterocycles. The summed E-state index contributed by atoms with van der Waals surface area (Å²) in [6.07, 6.45) is 5.57. The number of ether oxygens (including phenoxy) is 1. The predicted molar refractivity (Wildman–Crippen MR) is 107 cm³/mol. The van der Waals surface area contributed by atoms with E-state index in [1.54, 1.807) is 17.0 Å². The predicted octanol–water partition coefficient (Wildman–Crippen LogP) is 2.56. The molecule has 0 spiro atoms. The Labute approximate surface area is 160 Å². The molecule has 8 nitrogen and oxygen atoms in total. The van der Waals surface area contributed by atoms with Crippen molar-refractivity contribution >= 4 is 27.9 Å². The van der Waals surface area contributed by atoms with E-state index in [-0.39, 0.29) is 11.7 Å². The maximum atomic E-state index is 13.2. The lowest BCUT2D eigenvalue weighted by Crippen LogP contribution is -2.22. The van der Waals surface area contributed by atoms with Gasteiger partial charge in [0.2, 0.25) is 5.95 Å². The highest BCUT2D eigenvalue weighted by molar-refractivity contribution is 6.02. The molecule has 5 rings (SSSR count). The summed E-state index contributed by atoms with van der Waals surface area (Å²) in [4.78, 5) is 22.4. The first-order valence-corrected chi connectivity index (χ1v) is 9.38. The average Bonchev–Trinajstić information content (AvgIpc) is 3.40. The first-order chi connectivity index (χ1) is 13.7. The van der Waals surface area contributed by atoms with Crippen LogP contribution in [0.1, 0.15) is 18.4 Å². The second-order valence-electron chi connectivity index (χ2n) is 7.03. The van der Waals surface area contributed by atoms with Crippen LogP contribution >= 0.6 is 0 Å². The van der Waals surface area contributed by atoms with Crippen LogP contribution in [0.2, 0.25) is 0 Å². The molecule has 142 valence electrons. The molecule has 1 aliphatic rings. The van der Waals surface area contributed by atoms with E-state index in [4.69, 9.17) is 4.74 Å². The molecule has 0 aliphatic carbocycles. The number of aromatic nitrogens is 5. The highest BCUT2D eigenvalue weighted by Gasteiger charge is 2.18. The molecular weight excluding hydrogens is 356 g/mol. The van der Waals surface area contributed by atoms with Crippen molar-refractivity contribution in [2.45, 2.75) is 25.9 Å². The summed E-state index contributed by atoms with van der Waals surface area (Å²) in [6.45, 7) is 3.42. The van der Waals surface area contributed by atoms with Crippen LogP contribution in [0.3, 0.4) is 0 Å². The van der Waals surface area contributed by atoms with Gasteiger partial charge in [-0.15, -0.1) is 0 Å². The second kappa shape index (κ2) is 6.72. The summed E-state index contributed by atoms with van der Waals surface area (Å²) in [5, 5.41) is 11.5. The molecule has 1 aromatic carbocycles. The summed E-state index contributed by atoms with van der Waals surface area (Å²) in [5.74, 6) is 0.476. The molecule has 0 radical (unpaired) electrons. The molecule has 0 saturated carbocycles. The Bertz CT molecular complexity index is 1220. The highest BCUT2D eigenvalue weighted by atomic mass is 16.5. The van der Waals surface area contributed by atoms with Gasteiger partial charge >= 0.3 is 0 Å². The highest BCUT2D eigenvalue weighted by Crippen LogP contribution is 2.24. The third kappa shape index (κ3) is 2.73. The third-order valence-electron chi connectivity index (χ3n) is 5.19. The van der Waals surface area contributed by atoms with Crippen LogP contribution in [0.4, 0.5) is 5.95 Å². The van der Waals surface area contributed by atoms with E-state index in [2.05, 4.69) is 25.5 Å². The fourth-order valence-electron chi connectivity index (χ4n) is 3.72. The number of anilines is 1. The summed E-state index contributed by atoms with van der Waals surface area (Å²) >= 11 is 0. The van der Waals surface area contributed by atoms with Crippen molar-refractivity contribution < 1.29 is 4.74 Å². The van der Waals surface area contributed by atoms with Gasteiger partial charge in [-0.3, -0.25) is 14.5 Å². The number of hydrogen-bond acceptors (Lipinski definition) is 6. The Morgan fingerprint density at radius 1 is 1.29 bits per heavy atom. The van der Waals surface area contributed by atoms with E-state index in [0.717, 1.165) is 36.1 Å². The normalized spacial score (nSPS) is 16.8. The number of H-pyrrole nitrogens is 1. The van der Waals surface area contributed by atoms with Crippen molar-refractivity contribution in [1.82, 2.24) is 24.7 Å². The van der Waals surface area contributed by atoms with Crippen LogP contribution in [0.15, 0.2) is 41.5 Å². The van der Waals surface area contributed by atoms with E-state index in [1.165, 1.54) is 0 Å². The molecule has 1 unspecified atom stereocenters. The number of fused-ring (bicyclic) bond motifs is 3. The van der Waals surface area contributed by atoms with Gasteiger partial charge in [-0.05, 0) is 31.4 Å². The quantitative estimate of drug-likeness (QED) is 0.568. The summed E-state index contributed by atoms with van der Waals surface area (Å²) in [6, 6.07) is 7.76. The van der Waals surface area contributed by atoms with Gasteiger partial charge in [-0.2, -0.15) is 10.1 Å².